The van der Waals surface area contributed by atoms with Gasteiger partial charge in [-0.1, -0.05) is 36.4 Å². The van der Waals surface area contributed by atoms with Crippen molar-refractivity contribution in [1.82, 2.24) is 20.4 Å². The Kier molecular flexibility index (Phi) is 7.07. The minimum atomic E-state index is -0.612. The van der Waals surface area contributed by atoms with Gasteiger partial charge in [0.25, 0.3) is 0 Å². The summed E-state index contributed by atoms with van der Waals surface area (Å²) in [6.07, 6.45) is 1.65. The lowest BCUT2D eigenvalue weighted by atomic mass is 10.0. The molecule has 34 heavy (non-hydrogen) atoms. The fourth-order valence-electron chi connectivity index (χ4n) is 3.63. The number of amides is 2. The highest BCUT2D eigenvalue weighted by Crippen LogP contribution is 2.28. The van der Waals surface area contributed by atoms with Gasteiger partial charge in [-0.15, -0.1) is 11.3 Å². The molecule has 2 aromatic heterocycles. The van der Waals surface area contributed by atoms with Crippen LogP contribution in [0.5, 0.6) is 0 Å². The molecule has 0 saturated carbocycles. The summed E-state index contributed by atoms with van der Waals surface area (Å²) in [6.45, 7) is 3.73. The van der Waals surface area contributed by atoms with E-state index >= 15 is 0 Å². The molecule has 0 unspecified atom stereocenters. The first kappa shape index (κ1) is 23.2. The third-order valence-corrected chi connectivity index (χ3v) is 6.01. The van der Waals surface area contributed by atoms with E-state index in [-0.39, 0.29) is 24.5 Å². The summed E-state index contributed by atoms with van der Waals surface area (Å²) >= 11 is 1.46. The SMILES string of the molecule is CCOC(=O)C1=C(COC(=O)c2cn(Cc3ccccc3)nc2-c2cccs2)NC(=O)N[C@@H]1C. The Labute approximate surface area is 200 Å². The number of carbonyl (C=O) groups is 3. The molecule has 1 aliphatic rings. The van der Waals surface area contributed by atoms with E-state index in [0.717, 1.165) is 10.4 Å². The summed E-state index contributed by atoms with van der Waals surface area (Å²) in [4.78, 5) is 38.3. The molecule has 176 valence electrons. The molecule has 0 spiro atoms. The summed E-state index contributed by atoms with van der Waals surface area (Å²) in [5.74, 6) is -1.19. The van der Waals surface area contributed by atoms with Gasteiger partial charge in [0.1, 0.15) is 17.9 Å². The Morgan fingerprint density at radius 2 is 1.91 bits per heavy atom. The lowest BCUT2D eigenvalue weighted by Gasteiger charge is -2.26. The van der Waals surface area contributed by atoms with Crippen LogP contribution < -0.4 is 10.6 Å². The number of urea groups is 1. The first-order valence-electron chi connectivity index (χ1n) is 10.8. The highest BCUT2D eigenvalue weighted by atomic mass is 32.1. The lowest BCUT2D eigenvalue weighted by molar-refractivity contribution is -0.139. The minimum absolute atomic E-state index is 0.181. The number of nitrogens with zero attached hydrogens (tertiary/aromatic N) is 2. The maximum absolute atomic E-state index is 13.1. The minimum Gasteiger partial charge on any atom is -0.463 e. The van der Waals surface area contributed by atoms with Crippen LogP contribution in [0.25, 0.3) is 10.6 Å². The van der Waals surface area contributed by atoms with Gasteiger partial charge in [0.2, 0.25) is 0 Å². The predicted octanol–water partition coefficient (Wildman–Crippen LogP) is 3.34. The number of hydrogen-bond acceptors (Lipinski definition) is 7. The van der Waals surface area contributed by atoms with Crippen LogP contribution in [-0.4, -0.2) is 47.0 Å². The molecule has 2 N–H and O–H groups in total. The Morgan fingerprint density at radius 3 is 2.62 bits per heavy atom. The number of esters is 2. The topological polar surface area (TPSA) is 112 Å². The monoisotopic (exact) mass is 480 g/mol. The largest absolute Gasteiger partial charge is 0.463 e. The Balaban J connectivity index is 1.59. The molecule has 9 nitrogen and oxygen atoms in total. The van der Waals surface area contributed by atoms with Crippen molar-refractivity contribution in [1.29, 1.82) is 0 Å². The highest BCUT2D eigenvalue weighted by Gasteiger charge is 2.31. The molecule has 1 aromatic carbocycles. The van der Waals surface area contributed by atoms with Gasteiger partial charge in [0, 0.05) is 6.20 Å². The van der Waals surface area contributed by atoms with Gasteiger partial charge in [0.15, 0.2) is 0 Å². The molecular formula is C24H24N4O5S. The Morgan fingerprint density at radius 1 is 1.12 bits per heavy atom. The van der Waals surface area contributed by atoms with Crippen LogP contribution in [0.15, 0.2) is 65.3 Å². The van der Waals surface area contributed by atoms with E-state index in [0.29, 0.717) is 17.8 Å². The Bertz CT molecular complexity index is 1220. The second kappa shape index (κ2) is 10.3. The zero-order valence-corrected chi connectivity index (χ0v) is 19.6. The standard InChI is InChI=1S/C24H24N4O5S/c1-3-32-23(30)20-15(2)25-24(31)26-18(20)14-33-22(29)17-13-28(12-16-8-5-4-6-9-16)27-21(17)19-10-7-11-34-19/h4-11,13,15H,3,12,14H2,1-2H3,(H2,25,26,31)/t15-/m1/s1. The van der Waals surface area contributed by atoms with E-state index in [9.17, 15) is 14.4 Å². The van der Waals surface area contributed by atoms with Crippen molar-refractivity contribution in [3.05, 3.63) is 76.4 Å². The molecule has 3 heterocycles. The quantitative estimate of drug-likeness (QED) is 0.479. The summed E-state index contributed by atoms with van der Waals surface area (Å²) < 4.78 is 12.3. The maximum atomic E-state index is 13.1. The van der Waals surface area contributed by atoms with E-state index in [4.69, 9.17) is 9.47 Å². The van der Waals surface area contributed by atoms with Crippen LogP contribution in [0.1, 0.15) is 29.8 Å². The van der Waals surface area contributed by atoms with E-state index < -0.39 is 24.0 Å². The smallest absolute Gasteiger partial charge is 0.342 e. The van der Waals surface area contributed by atoms with E-state index in [1.807, 2.05) is 47.8 Å². The number of ether oxygens (including phenoxy) is 2. The fraction of sp³-hybridized carbons (Fsp3) is 0.250. The van der Waals surface area contributed by atoms with Gasteiger partial charge < -0.3 is 20.1 Å². The van der Waals surface area contributed by atoms with Gasteiger partial charge in [-0.2, -0.15) is 5.10 Å². The summed E-state index contributed by atoms with van der Waals surface area (Å²) in [5, 5.41) is 11.7. The fourth-order valence-corrected chi connectivity index (χ4v) is 4.35. The number of aromatic nitrogens is 2. The Hall–Kier alpha value is -3.92. The number of hydrogen-bond donors (Lipinski definition) is 2. The number of rotatable bonds is 8. The van der Waals surface area contributed by atoms with E-state index in [2.05, 4.69) is 15.7 Å². The van der Waals surface area contributed by atoms with E-state index in [1.165, 1.54) is 11.3 Å². The van der Waals surface area contributed by atoms with Crippen molar-refractivity contribution in [2.24, 2.45) is 0 Å². The van der Waals surface area contributed by atoms with E-state index in [1.54, 1.807) is 24.7 Å². The molecule has 0 radical (unpaired) electrons. The summed E-state index contributed by atoms with van der Waals surface area (Å²) in [7, 11) is 0. The average Bonchev–Trinajstić information content (AvgIpc) is 3.48. The molecule has 3 aromatic rings. The second-order valence-electron chi connectivity index (χ2n) is 7.56. The van der Waals surface area contributed by atoms with Crippen molar-refractivity contribution < 1.29 is 23.9 Å². The zero-order valence-electron chi connectivity index (χ0n) is 18.7. The van der Waals surface area contributed by atoms with Crippen molar-refractivity contribution >= 4 is 29.3 Å². The van der Waals surface area contributed by atoms with Crippen LogP contribution in [0.3, 0.4) is 0 Å². The van der Waals surface area contributed by atoms with Crippen molar-refractivity contribution in [3.63, 3.8) is 0 Å². The second-order valence-corrected chi connectivity index (χ2v) is 8.51. The van der Waals surface area contributed by atoms with Crippen LogP contribution >= 0.6 is 11.3 Å². The molecule has 1 atom stereocenters. The molecule has 1 aliphatic heterocycles. The zero-order chi connectivity index (χ0) is 24.1. The molecule has 0 bridgehead atoms. The van der Waals surface area contributed by atoms with Crippen molar-refractivity contribution in [2.45, 2.75) is 26.4 Å². The molecule has 0 saturated heterocycles. The van der Waals surface area contributed by atoms with Crippen LogP contribution in [0.2, 0.25) is 0 Å². The van der Waals surface area contributed by atoms with Crippen LogP contribution in [0, 0.1) is 0 Å². The molecule has 4 rings (SSSR count). The van der Waals surface area contributed by atoms with Gasteiger partial charge in [0.05, 0.1) is 35.3 Å². The number of thiophene rings is 1. The molecular weight excluding hydrogens is 456 g/mol. The summed E-state index contributed by atoms with van der Waals surface area (Å²) in [6, 6.07) is 12.5. The third-order valence-electron chi connectivity index (χ3n) is 5.14. The van der Waals surface area contributed by atoms with Crippen molar-refractivity contribution in [3.8, 4) is 10.6 Å². The predicted molar refractivity (Wildman–Crippen MR) is 126 cm³/mol. The van der Waals surface area contributed by atoms with Gasteiger partial charge in [-0.05, 0) is 30.9 Å². The third kappa shape index (κ3) is 5.18. The average molecular weight is 481 g/mol. The molecule has 0 fully saturated rings. The molecule has 2 amide bonds. The first-order chi connectivity index (χ1) is 16.5. The van der Waals surface area contributed by atoms with Gasteiger partial charge in [-0.3, -0.25) is 4.68 Å². The number of nitrogens with one attached hydrogen (secondary N) is 2. The van der Waals surface area contributed by atoms with Gasteiger partial charge in [-0.25, -0.2) is 14.4 Å². The first-order valence-corrected chi connectivity index (χ1v) is 11.6. The van der Waals surface area contributed by atoms with Crippen LogP contribution in [0.4, 0.5) is 4.79 Å². The molecule has 10 heteroatoms. The van der Waals surface area contributed by atoms with Crippen molar-refractivity contribution in [2.75, 3.05) is 13.2 Å². The number of benzene rings is 1. The normalized spacial score (nSPS) is 15.5. The highest BCUT2D eigenvalue weighted by molar-refractivity contribution is 7.13. The lowest BCUT2D eigenvalue weighted by Crippen LogP contribution is -2.50. The van der Waals surface area contributed by atoms with Gasteiger partial charge >= 0.3 is 18.0 Å². The number of carbonyl (C=O) groups excluding carboxylic acids is 3. The maximum Gasteiger partial charge on any atom is 0.342 e. The molecule has 0 aliphatic carbocycles. The van der Waals surface area contributed by atoms with Crippen LogP contribution in [-0.2, 0) is 20.8 Å². The summed E-state index contributed by atoms with van der Waals surface area (Å²) in [5.41, 5.74) is 2.26.